The van der Waals surface area contributed by atoms with E-state index in [0.29, 0.717) is 26.2 Å². The molecule has 1 aliphatic rings. The van der Waals surface area contributed by atoms with Crippen molar-refractivity contribution < 1.29 is 14.3 Å². The third-order valence-corrected chi connectivity index (χ3v) is 4.84. The van der Waals surface area contributed by atoms with Gasteiger partial charge in [0.1, 0.15) is 5.75 Å². The summed E-state index contributed by atoms with van der Waals surface area (Å²) >= 11 is 0. The number of aryl methyl sites for hydroxylation is 1. The Kier molecular flexibility index (Phi) is 6.13. The Hall–Kier alpha value is -3.10. The minimum absolute atomic E-state index is 0.0992. The number of primary amides is 1. The van der Waals surface area contributed by atoms with Crippen molar-refractivity contribution in [3.8, 4) is 5.75 Å². The molecule has 1 aromatic heterocycles. The number of nitrogens with zero attached hydrogens (tertiary/aromatic N) is 4. The Morgan fingerprint density at radius 1 is 1.32 bits per heavy atom. The van der Waals surface area contributed by atoms with E-state index in [1.165, 1.54) is 0 Å². The fourth-order valence-corrected chi connectivity index (χ4v) is 3.28. The second-order valence-electron chi connectivity index (χ2n) is 6.87. The molecule has 0 bridgehead atoms. The number of nitrogens with two attached hydrogens (primary N) is 1. The summed E-state index contributed by atoms with van der Waals surface area (Å²) in [6.45, 7) is 6.16. The van der Waals surface area contributed by atoms with Crippen molar-refractivity contribution in [2.24, 2.45) is 5.73 Å². The van der Waals surface area contributed by atoms with Gasteiger partial charge in [-0.05, 0) is 38.3 Å². The molecule has 3 rings (SSSR count). The highest BCUT2D eigenvalue weighted by molar-refractivity contribution is 5.90. The molecule has 9 heteroatoms. The molecule has 2 heterocycles. The van der Waals surface area contributed by atoms with Gasteiger partial charge in [-0.15, -0.1) is 5.10 Å². The lowest BCUT2D eigenvalue weighted by Gasteiger charge is -2.31. The SMILES string of the molecule is CCOc1cc(C)ccc1CNC(=O)N1CCC(n2cc(C(N)=O)nn2)CC1. The molecule has 1 saturated heterocycles. The van der Waals surface area contributed by atoms with Gasteiger partial charge >= 0.3 is 6.03 Å². The molecule has 28 heavy (non-hydrogen) atoms. The van der Waals surface area contributed by atoms with Gasteiger partial charge < -0.3 is 20.7 Å². The van der Waals surface area contributed by atoms with Gasteiger partial charge in [-0.3, -0.25) is 4.79 Å². The third-order valence-electron chi connectivity index (χ3n) is 4.84. The minimum atomic E-state index is -0.592. The summed E-state index contributed by atoms with van der Waals surface area (Å²) in [5.74, 6) is 0.212. The van der Waals surface area contributed by atoms with Gasteiger partial charge in [-0.2, -0.15) is 0 Å². The largest absolute Gasteiger partial charge is 0.494 e. The van der Waals surface area contributed by atoms with Crippen LogP contribution in [0.2, 0.25) is 0 Å². The highest BCUT2D eigenvalue weighted by Gasteiger charge is 2.25. The number of amides is 3. The van der Waals surface area contributed by atoms with Crippen LogP contribution in [0.1, 0.15) is 47.4 Å². The molecule has 1 aliphatic heterocycles. The lowest BCUT2D eigenvalue weighted by Crippen LogP contribution is -2.44. The molecule has 1 fully saturated rings. The van der Waals surface area contributed by atoms with Crippen molar-refractivity contribution in [1.29, 1.82) is 0 Å². The average molecular weight is 386 g/mol. The number of carbonyl (C=O) groups is 2. The molecule has 1 aromatic carbocycles. The van der Waals surface area contributed by atoms with Gasteiger partial charge in [0, 0.05) is 25.2 Å². The molecule has 0 radical (unpaired) electrons. The summed E-state index contributed by atoms with van der Waals surface area (Å²) in [6.07, 6.45) is 3.04. The van der Waals surface area contributed by atoms with Crippen molar-refractivity contribution in [3.05, 3.63) is 41.2 Å². The number of urea groups is 1. The Morgan fingerprint density at radius 3 is 2.71 bits per heavy atom. The zero-order chi connectivity index (χ0) is 20.1. The first-order valence-electron chi connectivity index (χ1n) is 9.44. The van der Waals surface area contributed by atoms with E-state index < -0.39 is 5.91 Å². The predicted octanol–water partition coefficient (Wildman–Crippen LogP) is 1.63. The summed E-state index contributed by atoms with van der Waals surface area (Å²) in [4.78, 5) is 25.5. The first-order chi connectivity index (χ1) is 13.5. The number of hydrogen-bond acceptors (Lipinski definition) is 5. The maximum absolute atomic E-state index is 12.5. The van der Waals surface area contributed by atoms with Gasteiger partial charge in [0.25, 0.3) is 5.91 Å². The second kappa shape index (κ2) is 8.73. The van der Waals surface area contributed by atoms with Crippen LogP contribution in [0.4, 0.5) is 4.79 Å². The third kappa shape index (κ3) is 4.59. The standard InChI is InChI=1S/C19H26N6O3/c1-3-28-17-10-13(2)4-5-14(17)11-21-19(27)24-8-6-15(7-9-24)25-12-16(18(20)26)22-23-25/h4-5,10,12,15H,3,6-9,11H2,1-2H3,(H2,20,26)(H,21,27). The normalized spacial score (nSPS) is 14.7. The second-order valence-corrected chi connectivity index (χ2v) is 6.87. The zero-order valence-corrected chi connectivity index (χ0v) is 16.2. The number of rotatable bonds is 6. The molecule has 2 aromatic rings. The lowest BCUT2D eigenvalue weighted by molar-refractivity contribution is 0.0995. The van der Waals surface area contributed by atoms with Crippen molar-refractivity contribution in [2.45, 2.75) is 39.3 Å². The van der Waals surface area contributed by atoms with E-state index in [4.69, 9.17) is 10.5 Å². The highest BCUT2D eigenvalue weighted by atomic mass is 16.5. The van der Waals surface area contributed by atoms with Crippen LogP contribution in [0.3, 0.4) is 0 Å². The molecule has 0 saturated carbocycles. The van der Waals surface area contributed by atoms with E-state index in [-0.39, 0.29) is 17.8 Å². The van der Waals surface area contributed by atoms with Crippen molar-refractivity contribution in [2.75, 3.05) is 19.7 Å². The van der Waals surface area contributed by atoms with E-state index in [1.54, 1.807) is 15.8 Å². The Morgan fingerprint density at radius 2 is 2.07 bits per heavy atom. The molecule has 3 N–H and O–H groups in total. The van der Waals surface area contributed by atoms with Gasteiger partial charge in [0.15, 0.2) is 5.69 Å². The summed E-state index contributed by atoms with van der Waals surface area (Å²) in [6, 6.07) is 5.97. The molecule has 150 valence electrons. The monoisotopic (exact) mass is 386 g/mol. The molecule has 3 amide bonds. The molecular weight excluding hydrogens is 360 g/mol. The van der Waals surface area contributed by atoms with Crippen LogP contribution in [0.25, 0.3) is 0 Å². The molecule has 0 aliphatic carbocycles. The van der Waals surface area contributed by atoms with Crippen LogP contribution in [0, 0.1) is 6.92 Å². The van der Waals surface area contributed by atoms with E-state index in [0.717, 1.165) is 29.7 Å². The quantitative estimate of drug-likeness (QED) is 0.783. The maximum atomic E-state index is 12.5. The number of hydrogen-bond donors (Lipinski definition) is 2. The summed E-state index contributed by atoms with van der Waals surface area (Å²) in [7, 11) is 0. The van der Waals surface area contributed by atoms with Gasteiger partial charge in [0.05, 0.1) is 18.8 Å². The molecule has 9 nitrogen and oxygen atoms in total. The number of nitrogens with one attached hydrogen (secondary N) is 1. The van der Waals surface area contributed by atoms with Crippen LogP contribution < -0.4 is 15.8 Å². The summed E-state index contributed by atoms with van der Waals surface area (Å²) < 4.78 is 7.33. The van der Waals surface area contributed by atoms with Gasteiger partial charge in [0.2, 0.25) is 0 Å². The molecule has 0 atom stereocenters. The number of piperidine rings is 1. The molecule has 0 spiro atoms. The van der Waals surface area contributed by atoms with Gasteiger partial charge in [-0.25, -0.2) is 9.48 Å². The lowest BCUT2D eigenvalue weighted by atomic mass is 10.1. The van der Waals surface area contributed by atoms with Crippen LogP contribution in [-0.2, 0) is 6.54 Å². The van der Waals surface area contributed by atoms with E-state index in [1.807, 2.05) is 32.0 Å². The van der Waals surface area contributed by atoms with Crippen molar-refractivity contribution in [3.63, 3.8) is 0 Å². The van der Waals surface area contributed by atoms with E-state index in [2.05, 4.69) is 15.6 Å². The summed E-state index contributed by atoms with van der Waals surface area (Å²) in [5.41, 5.74) is 7.44. The average Bonchev–Trinajstić information content (AvgIpc) is 3.18. The Labute approximate surface area is 163 Å². The smallest absolute Gasteiger partial charge is 0.317 e. The number of likely N-dealkylation sites (tertiary alicyclic amines) is 1. The first-order valence-corrected chi connectivity index (χ1v) is 9.44. The van der Waals surface area contributed by atoms with Gasteiger partial charge in [-0.1, -0.05) is 17.3 Å². The fourth-order valence-electron chi connectivity index (χ4n) is 3.28. The van der Waals surface area contributed by atoms with Crippen molar-refractivity contribution >= 4 is 11.9 Å². The van der Waals surface area contributed by atoms with E-state index >= 15 is 0 Å². The van der Waals surface area contributed by atoms with Crippen LogP contribution in [-0.4, -0.2) is 51.5 Å². The minimum Gasteiger partial charge on any atom is -0.494 e. The van der Waals surface area contributed by atoms with Crippen LogP contribution >= 0.6 is 0 Å². The molecular formula is C19H26N6O3. The summed E-state index contributed by atoms with van der Waals surface area (Å²) in [5, 5.41) is 10.7. The topological polar surface area (TPSA) is 115 Å². The predicted molar refractivity (Wildman–Crippen MR) is 103 cm³/mol. The van der Waals surface area contributed by atoms with Crippen molar-refractivity contribution in [1.82, 2.24) is 25.2 Å². The van der Waals surface area contributed by atoms with Crippen LogP contribution in [0.5, 0.6) is 5.75 Å². The highest BCUT2D eigenvalue weighted by Crippen LogP contribution is 2.23. The first kappa shape index (κ1) is 19.7. The fraction of sp³-hybridized carbons (Fsp3) is 0.474. The number of ether oxygens (including phenoxy) is 1. The Balaban J connectivity index is 1.52. The van der Waals surface area contributed by atoms with E-state index in [9.17, 15) is 9.59 Å². The maximum Gasteiger partial charge on any atom is 0.317 e. The Bertz CT molecular complexity index is 842. The number of benzene rings is 1. The van der Waals surface area contributed by atoms with Crippen LogP contribution in [0.15, 0.2) is 24.4 Å². The zero-order valence-electron chi connectivity index (χ0n) is 16.2. The number of aromatic nitrogens is 3. The molecule has 0 unspecified atom stereocenters. The number of carbonyl (C=O) groups excluding carboxylic acids is 2.